The third-order valence-corrected chi connectivity index (χ3v) is 2.90. The van der Waals surface area contributed by atoms with Gasteiger partial charge in [-0.1, -0.05) is 13.0 Å². The number of carbonyl (C=O) groups excluding carboxylic acids is 1. The minimum Gasteiger partial charge on any atom is -0.497 e. The Balaban J connectivity index is 2.72. The molecular weight excluding hydrogens is 248 g/mol. The first kappa shape index (κ1) is 14.8. The second-order valence-electron chi connectivity index (χ2n) is 4.30. The molecule has 0 aromatic heterocycles. The zero-order valence-electron chi connectivity index (χ0n) is 11.2. The molecule has 2 amide bonds. The normalized spacial score (nSPS) is 13.2. The quantitative estimate of drug-likeness (QED) is 0.761. The monoisotopic (exact) mass is 266 g/mol. The van der Waals surface area contributed by atoms with Gasteiger partial charge in [0, 0.05) is 11.8 Å². The fourth-order valence-corrected chi connectivity index (χ4v) is 1.41. The topological polar surface area (TPSA) is 87.7 Å². The Hall–Kier alpha value is -2.24. The van der Waals surface area contributed by atoms with Crippen LogP contribution < -0.4 is 15.4 Å². The van der Waals surface area contributed by atoms with Crippen molar-refractivity contribution in [3.05, 3.63) is 24.3 Å². The molecule has 6 nitrogen and oxygen atoms in total. The summed E-state index contributed by atoms with van der Waals surface area (Å²) in [5.74, 6) is -0.468. The lowest BCUT2D eigenvalue weighted by Gasteiger charge is -2.24. The highest BCUT2D eigenvalue weighted by Gasteiger charge is 2.32. The lowest BCUT2D eigenvalue weighted by molar-refractivity contribution is -0.143. The van der Waals surface area contributed by atoms with Gasteiger partial charge in [-0.05, 0) is 25.5 Å². The van der Waals surface area contributed by atoms with Crippen LogP contribution >= 0.6 is 0 Å². The molecule has 0 aliphatic heterocycles. The molecule has 1 unspecified atom stereocenters. The Bertz CT molecular complexity index is 475. The van der Waals surface area contributed by atoms with E-state index in [4.69, 9.17) is 9.84 Å². The van der Waals surface area contributed by atoms with Crippen molar-refractivity contribution in [3.63, 3.8) is 0 Å². The van der Waals surface area contributed by atoms with Gasteiger partial charge in [0.1, 0.15) is 11.3 Å². The van der Waals surface area contributed by atoms with Crippen molar-refractivity contribution in [2.45, 2.75) is 25.8 Å². The van der Waals surface area contributed by atoms with Gasteiger partial charge >= 0.3 is 12.0 Å². The van der Waals surface area contributed by atoms with Gasteiger partial charge in [0.25, 0.3) is 0 Å². The third-order valence-electron chi connectivity index (χ3n) is 2.90. The summed E-state index contributed by atoms with van der Waals surface area (Å²) in [5, 5.41) is 14.1. The molecule has 0 aliphatic carbocycles. The number of nitrogens with one attached hydrogen (secondary N) is 2. The number of benzene rings is 1. The molecule has 1 aromatic rings. The highest BCUT2D eigenvalue weighted by molar-refractivity contribution is 5.93. The van der Waals surface area contributed by atoms with Crippen molar-refractivity contribution < 1.29 is 19.4 Å². The van der Waals surface area contributed by atoms with Crippen LogP contribution in [0.2, 0.25) is 0 Å². The van der Waals surface area contributed by atoms with Gasteiger partial charge < -0.3 is 20.5 Å². The van der Waals surface area contributed by atoms with Gasteiger partial charge in [-0.3, -0.25) is 0 Å². The van der Waals surface area contributed by atoms with Crippen molar-refractivity contribution in [1.29, 1.82) is 0 Å². The average molecular weight is 266 g/mol. The first-order valence-electron chi connectivity index (χ1n) is 5.88. The van der Waals surface area contributed by atoms with E-state index in [0.29, 0.717) is 11.4 Å². The lowest BCUT2D eigenvalue weighted by Crippen LogP contribution is -2.53. The standard InChI is InChI=1S/C13H18N2O4/c1-4-13(2,11(16)17)15-12(18)14-9-6-5-7-10(8-9)19-3/h5-8H,4H2,1-3H3,(H,16,17)(H2,14,15,18). The van der Waals surface area contributed by atoms with Crippen molar-refractivity contribution in [2.24, 2.45) is 0 Å². The number of rotatable bonds is 5. The largest absolute Gasteiger partial charge is 0.497 e. The molecule has 0 heterocycles. The van der Waals surface area contributed by atoms with Crippen molar-refractivity contribution in [2.75, 3.05) is 12.4 Å². The van der Waals surface area contributed by atoms with Gasteiger partial charge in [-0.25, -0.2) is 9.59 Å². The minimum absolute atomic E-state index is 0.286. The maximum absolute atomic E-state index is 11.8. The maximum atomic E-state index is 11.8. The zero-order chi connectivity index (χ0) is 14.5. The Morgan fingerprint density at radius 2 is 2.11 bits per heavy atom. The van der Waals surface area contributed by atoms with Crippen LogP contribution in [0, 0.1) is 0 Å². The highest BCUT2D eigenvalue weighted by atomic mass is 16.5. The molecule has 1 aromatic carbocycles. The molecule has 1 rings (SSSR count). The van der Waals surface area contributed by atoms with Crippen molar-refractivity contribution >= 4 is 17.7 Å². The van der Waals surface area contributed by atoms with Crippen LogP contribution in [0.1, 0.15) is 20.3 Å². The summed E-state index contributed by atoms with van der Waals surface area (Å²) in [6, 6.07) is 6.23. The number of urea groups is 1. The molecule has 0 radical (unpaired) electrons. The Morgan fingerprint density at radius 1 is 1.42 bits per heavy atom. The molecule has 3 N–H and O–H groups in total. The Morgan fingerprint density at radius 3 is 2.63 bits per heavy atom. The fraction of sp³-hybridized carbons (Fsp3) is 0.385. The second-order valence-corrected chi connectivity index (χ2v) is 4.30. The molecule has 0 bridgehead atoms. The number of anilines is 1. The van der Waals surface area contributed by atoms with Crippen molar-refractivity contribution in [1.82, 2.24) is 5.32 Å². The molecule has 6 heteroatoms. The predicted molar refractivity (Wildman–Crippen MR) is 71.5 cm³/mol. The first-order chi connectivity index (χ1) is 8.91. The summed E-state index contributed by atoms with van der Waals surface area (Å²) in [5.41, 5.74) is -0.760. The number of methoxy groups -OCH3 is 1. The van der Waals surface area contributed by atoms with E-state index in [1.165, 1.54) is 14.0 Å². The number of carboxylic acid groups (broad SMARTS) is 1. The number of aliphatic carboxylic acids is 1. The molecule has 1 atom stereocenters. The van der Waals surface area contributed by atoms with Gasteiger partial charge in [0.15, 0.2) is 0 Å². The smallest absolute Gasteiger partial charge is 0.329 e. The molecule has 0 saturated heterocycles. The molecule has 0 saturated carbocycles. The molecule has 0 fully saturated rings. The Kier molecular flexibility index (Phi) is 4.74. The van der Waals surface area contributed by atoms with Crippen LogP contribution in [-0.4, -0.2) is 29.8 Å². The number of carboxylic acids is 1. The number of ether oxygens (including phenoxy) is 1. The maximum Gasteiger partial charge on any atom is 0.329 e. The van der Waals surface area contributed by atoms with Crippen LogP contribution in [0.15, 0.2) is 24.3 Å². The third kappa shape index (κ3) is 3.87. The summed E-state index contributed by atoms with van der Waals surface area (Å²) in [6.07, 6.45) is 0.286. The number of hydrogen-bond donors (Lipinski definition) is 3. The molecule has 104 valence electrons. The predicted octanol–water partition coefficient (Wildman–Crippen LogP) is 2.07. The van der Waals surface area contributed by atoms with Crippen LogP contribution in [0.25, 0.3) is 0 Å². The molecule has 0 aliphatic rings. The summed E-state index contributed by atoms with van der Waals surface area (Å²) >= 11 is 0. The van der Waals surface area contributed by atoms with Crippen LogP contribution in [0.4, 0.5) is 10.5 Å². The van der Waals surface area contributed by atoms with E-state index in [1.54, 1.807) is 31.2 Å². The number of carbonyl (C=O) groups is 2. The number of hydrogen-bond acceptors (Lipinski definition) is 3. The number of amides is 2. The van der Waals surface area contributed by atoms with Gasteiger partial charge in [-0.2, -0.15) is 0 Å². The summed E-state index contributed by atoms with van der Waals surface area (Å²) < 4.78 is 5.03. The van der Waals surface area contributed by atoms with Gasteiger partial charge in [0.05, 0.1) is 7.11 Å². The van der Waals surface area contributed by atoms with Crippen LogP contribution in [0.5, 0.6) is 5.75 Å². The first-order valence-corrected chi connectivity index (χ1v) is 5.88. The molecule has 0 spiro atoms. The SMILES string of the molecule is CCC(C)(NC(=O)Nc1cccc(OC)c1)C(=O)O. The van der Waals surface area contributed by atoms with Crippen LogP contribution in [0.3, 0.4) is 0 Å². The van der Waals surface area contributed by atoms with E-state index in [1.807, 2.05) is 0 Å². The average Bonchev–Trinajstić information content (AvgIpc) is 2.38. The van der Waals surface area contributed by atoms with E-state index in [2.05, 4.69) is 10.6 Å². The fourth-order valence-electron chi connectivity index (χ4n) is 1.41. The summed E-state index contributed by atoms with van der Waals surface area (Å²) in [4.78, 5) is 22.8. The van der Waals surface area contributed by atoms with E-state index in [0.717, 1.165) is 0 Å². The molecule has 19 heavy (non-hydrogen) atoms. The second kappa shape index (κ2) is 6.08. The van der Waals surface area contributed by atoms with Gasteiger partial charge in [-0.15, -0.1) is 0 Å². The lowest BCUT2D eigenvalue weighted by atomic mass is 10.00. The Labute approximate surface area is 111 Å². The summed E-state index contributed by atoms with van der Waals surface area (Å²) in [7, 11) is 1.53. The highest BCUT2D eigenvalue weighted by Crippen LogP contribution is 2.17. The minimum atomic E-state index is -1.29. The van der Waals surface area contributed by atoms with Crippen LogP contribution in [-0.2, 0) is 4.79 Å². The molecular formula is C13H18N2O4. The zero-order valence-corrected chi connectivity index (χ0v) is 11.2. The van der Waals surface area contributed by atoms with E-state index >= 15 is 0 Å². The van der Waals surface area contributed by atoms with Gasteiger partial charge in [0.2, 0.25) is 0 Å². The van der Waals surface area contributed by atoms with E-state index < -0.39 is 17.5 Å². The summed E-state index contributed by atoms with van der Waals surface area (Å²) in [6.45, 7) is 3.15. The van der Waals surface area contributed by atoms with E-state index in [-0.39, 0.29) is 6.42 Å². The van der Waals surface area contributed by atoms with E-state index in [9.17, 15) is 9.59 Å². The van der Waals surface area contributed by atoms with Crippen molar-refractivity contribution in [3.8, 4) is 5.75 Å².